The first-order chi connectivity index (χ1) is 11.6. The van der Waals surface area contributed by atoms with Gasteiger partial charge in [0.15, 0.2) is 0 Å². The minimum atomic E-state index is -0.0286. The Kier molecular flexibility index (Phi) is 3.59. The zero-order valence-corrected chi connectivity index (χ0v) is 13.9. The van der Waals surface area contributed by atoms with Crippen LogP contribution in [0.3, 0.4) is 0 Å². The summed E-state index contributed by atoms with van der Waals surface area (Å²) in [6, 6.07) is 7.85. The number of amides is 1. The smallest absolute Gasteiger partial charge is 0.251 e. The Hall–Kier alpha value is -2.63. The lowest BCUT2D eigenvalue weighted by Crippen LogP contribution is -2.41. The van der Waals surface area contributed by atoms with Gasteiger partial charge in [-0.05, 0) is 30.0 Å². The summed E-state index contributed by atoms with van der Waals surface area (Å²) in [5.41, 5.74) is 1.66. The molecule has 1 aromatic carbocycles. The highest BCUT2D eigenvalue weighted by molar-refractivity contribution is 5.98. The lowest BCUT2D eigenvalue weighted by atomic mass is 10.0. The number of aryl methyl sites for hydroxylation is 1. The van der Waals surface area contributed by atoms with Gasteiger partial charge in [0.25, 0.3) is 5.91 Å². The lowest BCUT2D eigenvalue weighted by molar-refractivity contribution is 0.0927. The average Bonchev–Trinajstić information content (AvgIpc) is 3.20. The first-order valence-electron chi connectivity index (χ1n) is 8.42. The molecule has 24 heavy (non-hydrogen) atoms. The highest BCUT2D eigenvalue weighted by Gasteiger charge is 2.25. The van der Waals surface area contributed by atoms with E-state index in [9.17, 15) is 4.79 Å². The van der Waals surface area contributed by atoms with E-state index in [2.05, 4.69) is 38.9 Å². The van der Waals surface area contributed by atoms with Crippen LogP contribution in [0.1, 0.15) is 48.2 Å². The van der Waals surface area contributed by atoms with Crippen LogP contribution in [0.4, 0.5) is 0 Å². The molecule has 3 heterocycles. The van der Waals surface area contributed by atoms with Crippen LogP contribution < -0.4 is 5.32 Å². The van der Waals surface area contributed by atoms with E-state index >= 15 is 0 Å². The fraction of sp³-hybridized carbons (Fsp3) is 0.389. The summed E-state index contributed by atoms with van der Waals surface area (Å²) in [6.45, 7) is 4.97. The first kappa shape index (κ1) is 14.9. The van der Waals surface area contributed by atoms with Gasteiger partial charge in [0, 0.05) is 42.2 Å². The predicted octanol–water partition coefficient (Wildman–Crippen LogP) is 2.63. The van der Waals surface area contributed by atoms with Gasteiger partial charge in [-0.15, -0.1) is 10.2 Å². The molecule has 6 nitrogen and oxygen atoms in total. The molecule has 6 heteroatoms. The van der Waals surface area contributed by atoms with Crippen molar-refractivity contribution in [2.45, 2.75) is 45.2 Å². The van der Waals surface area contributed by atoms with Gasteiger partial charge in [-0.1, -0.05) is 19.9 Å². The number of nitrogens with one attached hydrogen (secondary N) is 2. The predicted molar refractivity (Wildman–Crippen MR) is 92.0 cm³/mol. The zero-order valence-electron chi connectivity index (χ0n) is 13.9. The molecule has 0 bridgehead atoms. The molecule has 0 spiro atoms. The van der Waals surface area contributed by atoms with E-state index in [4.69, 9.17) is 0 Å². The number of carbonyl (C=O) groups is 1. The molecule has 4 rings (SSSR count). The third kappa shape index (κ3) is 2.58. The van der Waals surface area contributed by atoms with Gasteiger partial charge < -0.3 is 14.9 Å². The molecule has 0 radical (unpaired) electrons. The molecular weight excluding hydrogens is 302 g/mol. The average molecular weight is 323 g/mol. The van der Waals surface area contributed by atoms with Crippen molar-refractivity contribution in [3.05, 3.63) is 47.7 Å². The van der Waals surface area contributed by atoms with Gasteiger partial charge in [0.1, 0.15) is 11.6 Å². The molecule has 1 aliphatic heterocycles. The number of aromatic nitrogens is 4. The van der Waals surface area contributed by atoms with Crippen molar-refractivity contribution in [2.75, 3.05) is 0 Å². The van der Waals surface area contributed by atoms with Crippen LogP contribution in [0.15, 0.2) is 30.5 Å². The second-order valence-electron chi connectivity index (χ2n) is 6.73. The molecule has 3 aromatic rings. The third-order valence-electron chi connectivity index (χ3n) is 4.64. The van der Waals surface area contributed by atoms with Crippen LogP contribution in [0.5, 0.6) is 0 Å². The van der Waals surface area contributed by atoms with Crippen LogP contribution in [0, 0.1) is 0 Å². The summed E-state index contributed by atoms with van der Waals surface area (Å²) in [4.78, 5) is 15.7. The standard InChI is InChI=1S/C18H21N5O/c1-11(2)17-22-21-16-6-5-14(10-23(16)17)20-18(24)13-4-3-12-7-8-19-15(12)9-13/h3-4,7-9,11,14,19H,5-6,10H2,1-2H3,(H,20,24)/t14-/m1/s1. The number of benzene rings is 1. The van der Waals surface area contributed by atoms with Crippen molar-refractivity contribution >= 4 is 16.8 Å². The van der Waals surface area contributed by atoms with Gasteiger partial charge in [-0.25, -0.2) is 0 Å². The SMILES string of the molecule is CC(C)c1nnc2n1C[C@H](NC(=O)c1ccc3cc[nH]c3c1)CC2. The van der Waals surface area contributed by atoms with Gasteiger partial charge >= 0.3 is 0 Å². The van der Waals surface area contributed by atoms with Crippen LogP contribution in [-0.4, -0.2) is 31.7 Å². The fourth-order valence-corrected chi connectivity index (χ4v) is 3.35. The maximum atomic E-state index is 12.6. The third-order valence-corrected chi connectivity index (χ3v) is 4.64. The second-order valence-corrected chi connectivity index (χ2v) is 6.73. The molecule has 1 amide bonds. The van der Waals surface area contributed by atoms with E-state index < -0.39 is 0 Å². The molecule has 2 aromatic heterocycles. The molecule has 0 unspecified atom stereocenters. The molecule has 1 aliphatic rings. The van der Waals surface area contributed by atoms with E-state index in [1.807, 2.05) is 30.5 Å². The van der Waals surface area contributed by atoms with Crippen molar-refractivity contribution in [1.82, 2.24) is 25.1 Å². The van der Waals surface area contributed by atoms with Gasteiger partial charge in [-0.3, -0.25) is 4.79 Å². The Labute approximate surface area is 140 Å². The van der Waals surface area contributed by atoms with Crippen molar-refractivity contribution in [1.29, 1.82) is 0 Å². The van der Waals surface area contributed by atoms with E-state index in [0.29, 0.717) is 11.5 Å². The Morgan fingerprint density at radius 3 is 3.04 bits per heavy atom. The van der Waals surface area contributed by atoms with Crippen molar-refractivity contribution in [3.63, 3.8) is 0 Å². The molecule has 0 saturated carbocycles. The van der Waals surface area contributed by atoms with E-state index in [-0.39, 0.29) is 11.9 Å². The number of nitrogens with zero attached hydrogens (tertiary/aromatic N) is 3. The summed E-state index contributed by atoms with van der Waals surface area (Å²) in [6.07, 6.45) is 3.63. The summed E-state index contributed by atoms with van der Waals surface area (Å²) in [7, 11) is 0. The number of H-pyrrole nitrogens is 1. The van der Waals surface area contributed by atoms with Gasteiger partial charge in [-0.2, -0.15) is 0 Å². The fourth-order valence-electron chi connectivity index (χ4n) is 3.35. The Morgan fingerprint density at radius 1 is 1.33 bits per heavy atom. The highest BCUT2D eigenvalue weighted by atomic mass is 16.1. The van der Waals surface area contributed by atoms with Gasteiger partial charge in [0.05, 0.1) is 0 Å². The number of hydrogen-bond donors (Lipinski definition) is 2. The minimum absolute atomic E-state index is 0.0286. The molecular formula is C18H21N5O. The first-order valence-corrected chi connectivity index (χ1v) is 8.42. The molecule has 2 N–H and O–H groups in total. The van der Waals surface area contributed by atoms with Crippen molar-refractivity contribution < 1.29 is 4.79 Å². The molecule has 0 saturated heterocycles. The normalized spacial score (nSPS) is 17.2. The summed E-state index contributed by atoms with van der Waals surface area (Å²) in [5, 5.41) is 12.8. The number of carbonyl (C=O) groups excluding carboxylic acids is 1. The van der Waals surface area contributed by atoms with Crippen LogP contribution >= 0.6 is 0 Å². The van der Waals surface area contributed by atoms with Crippen molar-refractivity contribution in [3.8, 4) is 0 Å². The number of aromatic amines is 1. The van der Waals surface area contributed by atoms with E-state index in [1.165, 1.54) is 0 Å². The topological polar surface area (TPSA) is 75.6 Å². The summed E-state index contributed by atoms with van der Waals surface area (Å²) >= 11 is 0. The van der Waals surface area contributed by atoms with E-state index in [0.717, 1.165) is 41.9 Å². The number of rotatable bonds is 3. The molecule has 124 valence electrons. The largest absolute Gasteiger partial charge is 0.361 e. The Bertz CT molecular complexity index is 892. The molecule has 1 atom stereocenters. The Balaban J connectivity index is 1.51. The number of hydrogen-bond acceptors (Lipinski definition) is 3. The Morgan fingerprint density at radius 2 is 2.21 bits per heavy atom. The second kappa shape index (κ2) is 5.78. The van der Waals surface area contributed by atoms with Crippen LogP contribution in [0.25, 0.3) is 10.9 Å². The van der Waals surface area contributed by atoms with Crippen molar-refractivity contribution in [2.24, 2.45) is 0 Å². The van der Waals surface area contributed by atoms with Crippen LogP contribution in [-0.2, 0) is 13.0 Å². The lowest BCUT2D eigenvalue weighted by Gasteiger charge is -2.26. The van der Waals surface area contributed by atoms with Gasteiger partial charge in [0.2, 0.25) is 0 Å². The maximum absolute atomic E-state index is 12.6. The monoisotopic (exact) mass is 323 g/mol. The van der Waals surface area contributed by atoms with Crippen LogP contribution in [0.2, 0.25) is 0 Å². The quantitative estimate of drug-likeness (QED) is 0.778. The summed E-state index contributed by atoms with van der Waals surface area (Å²) in [5.74, 6) is 2.32. The molecule has 0 fully saturated rings. The maximum Gasteiger partial charge on any atom is 0.251 e. The highest BCUT2D eigenvalue weighted by Crippen LogP contribution is 2.20. The number of fused-ring (bicyclic) bond motifs is 2. The minimum Gasteiger partial charge on any atom is -0.361 e. The molecule has 0 aliphatic carbocycles. The zero-order chi connectivity index (χ0) is 16.7. The summed E-state index contributed by atoms with van der Waals surface area (Å²) < 4.78 is 2.16. The van der Waals surface area contributed by atoms with E-state index in [1.54, 1.807) is 0 Å².